The zero-order valence-corrected chi connectivity index (χ0v) is 12.8. The molecule has 1 aromatic rings. The first-order valence-electron chi connectivity index (χ1n) is 7.09. The van der Waals surface area contributed by atoms with Crippen LogP contribution in [0.15, 0.2) is 18.2 Å². The van der Waals surface area contributed by atoms with Gasteiger partial charge >= 0.3 is 0 Å². The lowest BCUT2D eigenvalue weighted by Crippen LogP contribution is -2.48. The van der Waals surface area contributed by atoms with Crippen molar-refractivity contribution in [1.82, 2.24) is 9.80 Å². The van der Waals surface area contributed by atoms with Gasteiger partial charge in [0.25, 0.3) is 5.91 Å². The number of carbonyl (C=O) groups is 1. The fraction of sp³-hybridized carbons (Fsp3) is 0.533. The Hall–Kier alpha value is -1.26. The maximum atomic E-state index is 12.4. The molecule has 0 N–H and O–H groups in total. The van der Waals surface area contributed by atoms with E-state index in [1.165, 1.54) is 0 Å². The average molecular weight is 297 g/mol. The molecule has 1 amide bonds. The van der Waals surface area contributed by atoms with Gasteiger partial charge in [-0.05, 0) is 31.7 Å². The summed E-state index contributed by atoms with van der Waals surface area (Å²) in [5, 5.41) is 0.491. The molecule has 5 heteroatoms. The van der Waals surface area contributed by atoms with Crippen LogP contribution < -0.4 is 4.74 Å². The normalized spacial score (nSPS) is 16.2. The van der Waals surface area contributed by atoms with Crippen molar-refractivity contribution in [3.05, 3.63) is 28.8 Å². The number of hydrogen-bond acceptors (Lipinski definition) is 3. The molecule has 0 saturated carbocycles. The highest BCUT2D eigenvalue weighted by Gasteiger charge is 2.21. The topological polar surface area (TPSA) is 32.8 Å². The van der Waals surface area contributed by atoms with Crippen LogP contribution >= 0.6 is 11.6 Å². The molecule has 0 atom stereocenters. The van der Waals surface area contributed by atoms with Crippen LogP contribution in [0.2, 0.25) is 5.02 Å². The molecule has 20 heavy (non-hydrogen) atoms. The predicted octanol–water partition coefficient (Wildman–Crippen LogP) is 2.52. The van der Waals surface area contributed by atoms with Crippen LogP contribution in [0.3, 0.4) is 0 Å². The number of carbonyl (C=O) groups excluding carboxylic acids is 1. The lowest BCUT2D eigenvalue weighted by molar-refractivity contribution is 0.0643. The monoisotopic (exact) mass is 296 g/mol. The fourth-order valence-corrected chi connectivity index (χ4v) is 2.59. The average Bonchev–Trinajstić information content (AvgIpc) is 2.49. The van der Waals surface area contributed by atoms with Gasteiger partial charge < -0.3 is 14.5 Å². The van der Waals surface area contributed by atoms with Gasteiger partial charge in [0, 0.05) is 31.7 Å². The summed E-state index contributed by atoms with van der Waals surface area (Å²) < 4.78 is 5.38. The fourth-order valence-electron chi connectivity index (χ4n) is 2.36. The molecule has 1 saturated heterocycles. The van der Waals surface area contributed by atoms with Gasteiger partial charge in [0.1, 0.15) is 5.75 Å². The summed E-state index contributed by atoms with van der Waals surface area (Å²) in [7, 11) is 0. The minimum absolute atomic E-state index is 0.0469. The highest BCUT2D eigenvalue weighted by molar-refractivity contribution is 6.32. The molecule has 1 aliphatic rings. The lowest BCUT2D eigenvalue weighted by Gasteiger charge is -2.34. The van der Waals surface area contributed by atoms with Crippen molar-refractivity contribution in [2.45, 2.75) is 13.8 Å². The van der Waals surface area contributed by atoms with Gasteiger partial charge in [0.2, 0.25) is 0 Å². The van der Waals surface area contributed by atoms with Crippen molar-refractivity contribution in [3.63, 3.8) is 0 Å². The van der Waals surface area contributed by atoms with Crippen LogP contribution in [0.25, 0.3) is 0 Å². The Morgan fingerprint density at radius 2 is 1.95 bits per heavy atom. The molecule has 1 aliphatic heterocycles. The van der Waals surface area contributed by atoms with Crippen LogP contribution in [0.1, 0.15) is 24.2 Å². The molecule has 1 fully saturated rings. The quantitative estimate of drug-likeness (QED) is 0.856. The first-order valence-corrected chi connectivity index (χ1v) is 7.47. The van der Waals surface area contributed by atoms with Gasteiger partial charge in [-0.1, -0.05) is 18.5 Å². The number of rotatable bonds is 4. The smallest absolute Gasteiger partial charge is 0.253 e. The molecule has 0 aromatic heterocycles. The van der Waals surface area contributed by atoms with E-state index < -0.39 is 0 Å². The number of benzene rings is 1. The second-order valence-corrected chi connectivity index (χ2v) is 5.21. The Balaban J connectivity index is 2.04. The van der Waals surface area contributed by atoms with Crippen molar-refractivity contribution < 1.29 is 9.53 Å². The number of ether oxygens (including phenoxy) is 1. The SMILES string of the molecule is CCOc1ccc(C(=O)N2CCN(CC)CC2)cc1Cl. The predicted molar refractivity (Wildman–Crippen MR) is 80.6 cm³/mol. The Bertz CT molecular complexity index is 471. The third-order valence-corrected chi connectivity index (χ3v) is 3.88. The number of amides is 1. The molecule has 0 spiro atoms. The van der Waals surface area contributed by atoms with Crippen molar-refractivity contribution >= 4 is 17.5 Å². The maximum absolute atomic E-state index is 12.4. The van der Waals surface area contributed by atoms with Crippen LogP contribution in [0.5, 0.6) is 5.75 Å². The maximum Gasteiger partial charge on any atom is 0.253 e. The van der Waals surface area contributed by atoms with Crippen LogP contribution in [-0.2, 0) is 0 Å². The molecule has 1 aromatic carbocycles. The zero-order chi connectivity index (χ0) is 14.5. The summed E-state index contributed by atoms with van der Waals surface area (Å²) in [6.45, 7) is 9.07. The third-order valence-electron chi connectivity index (χ3n) is 3.59. The number of hydrogen-bond donors (Lipinski definition) is 0. The molecule has 110 valence electrons. The molecule has 2 rings (SSSR count). The Kier molecular flexibility index (Phi) is 5.26. The first kappa shape index (κ1) is 15.1. The van der Waals surface area contributed by atoms with Crippen molar-refractivity contribution in [2.24, 2.45) is 0 Å². The van der Waals surface area contributed by atoms with Gasteiger partial charge in [-0.25, -0.2) is 0 Å². The van der Waals surface area contributed by atoms with Gasteiger partial charge in [0.05, 0.1) is 11.6 Å². The van der Waals surface area contributed by atoms with Gasteiger partial charge in [-0.15, -0.1) is 0 Å². The number of piperazine rings is 1. The van der Waals surface area contributed by atoms with E-state index in [-0.39, 0.29) is 5.91 Å². The summed E-state index contributed by atoms with van der Waals surface area (Å²) in [5.41, 5.74) is 0.628. The molecular formula is C15H21ClN2O2. The number of halogens is 1. The third kappa shape index (κ3) is 3.44. The molecule has 1 heterocycles. The lowest BCUT2D eigenvalue weighted by atomic mass is 10.1. The van der Waals surface area contributed by atoms with Crippen molar-refractivity contribution in [3.8, 4) is 5.75 Å². The van der Waals surface area contributed by atoms with E-state index >= 15 is 0 Å². The van der Waals surface area contributed by atoms with E-state index in [0.717, 1.165) is 32.7 Å². The molecule has 0 bridgehead atoms. The Morgan fingerprint density at radius 1 is 1.25 bits per heavy atom. The molecule has 0 aliphatic carbocycles. The molecule has 0 radical (unpaired) electrons. The summed E-state index contributed by atoms with van der Waals surface area (Å²) in [6, 6.07) is 5.24. The Labute approximate surface area is 125 Å². The van der Waals surface area contributed by atoms with Crippen LogP contribution in [-0.4, -0.2) is 55.0 Å². The first-order chi connectivity index (χ1) is 9.65. The highest BCUT2D eigenvalue weighted by atomic mass is 35.5. The minimum Gasteiger partial charge on any atom is -0.492 e. The minimum atomic E-state index is 0.0469. The summed E-state index contributed by atoms with van der Waals surface area (Å²) in [4.78, 5) is 16.7. The summed E-state index contributed by atoms with van der Waals surface area (Å²) in [5.74, 6) is 0.673. The number of nitrogens with zero attached hydrogens (tertiary/aromatic N) is 2. The van der Waals surface area contributed by atoms with E-state index in [9.17, 15) is 4.79 Å². The van der Waals surface area contributed by atoms with E-state index in [0.29, 0.717) is 22.9 Å². The molecule has 4 nitrogen and oxygen atoms in total. The molecule has 0 unspecified atom stereocenters. The Morgan fingerprint density at radius 3 is 2.50 bits per heavy atom. The van der Waals surface area contributed by atoms with Crippen LogP contribution in [0.4, 0.5) is 0 Å². The largest absolute Gasteiger partial charge is 0.492 e. The van der Waals surface area contributed by atoms with Gasteiger partial charge in [-0.2, -0.15) is 0 Å². The van der Waals surface area contributed by atoms with Crippen molar-refractivity contribution in [2.75, 3.05) is 39.3 Å². The zero-order valence-electron chi connectivity index (χ0n) is 12.1. The number of likely N-dealkylation sites (N-methyl/N-ethyl adjacent to an activating group) is 1. The molecular weight excluding hydrogens is 276 g/mol. The van der Waals surface area contributed by atoms with E-state index in [2.05, 4.69) is 11.8 Å². The standard InChI is InChI=1S/C15H21ClN2O2/c1-3-17-7-9-18(10-8-17)15(19)12-5-6-14(20-4-2)13(16)11-12/h5-6,11H,3-4,7-10H2,1-2H3. The highest BCUT2D eigenvalue weighted by Crippen LogP contribution is 2.26. The second-order valence-electron chi connectivity index (χ2n) is 4.80. The van der Waals surface area contributed by atoms with E-state index in [1.807, 2.05) is 11.8 Å². The van der Waals surface area contributed by atoms with Crippen molar-refractivity contribution in [1.29, 1.82) is 0 Å². The summed E-state index contributed by atoms with van der Waals surface area (Å²) in [6.07, 6.45) is 0. The second kappa shape index (κ2) is 6.95. The summed E-state index contributed by atoms with van der Waals surface area (Å²) >= 11 is 6.13. The van der Waals surface area contributed by atoms with E-state index in [4.69, 9.17) is 16.3 Å². The van der Waals surface area contributed by atoms with Crippen LogP contribution in [0, 0.1) is 0 Å². The van der Waals surface area contributed by atoms with E-state index in [1.54, 1.807) is 18.2 Å². The van der Waals surface area contributed by atoms with Gasteiger partial charge in [0.15, 0.2) is 0 Å². The van der Waals surface area contributed by atoms with Gasteiger partial charge in [-0.3, -0.25) is 4.79 Å².